The van der Waals surface area contributed by atoms with E-state index in [-0.39, 0.29) is 0 Å². The minimum atomic E-state index is 0.330. The van der Waals surface area contributed by atoms with Crippen LogP contribution < -0.4 is 10.5 Å². The molecule has 0 aliphatic heterocycles. The van der Waals surface area contributed by atoms with Gasteiger partial charge < -0.3 is 10.5 Å². The number of anilines is 1. The normalized spacial score (nSPS) is 12.2. The van der Waals surface area contributed by atoms with Gasteiger partial charge in [-0.05, 0) is 30.0 Å². The van der Waals surface area contributed by atoms with Crippen molar-refractivity contribution in [3.63, 3.8) is 0 Å². The maximum absolute atomic E-state index is 5.87. The number of hydrogen-bond acceptors (Lipinski definition) is 3. The molecule has 0 aliphatic rings. The van der Waals surface area contributed by atoms with Crippen LogP contribution in [0, 0.1) is 0 Å². The maximum atomic E-state index is 5.87. The maximum Gasteiger partial charge on any atom is 0.222 e. The lowest BCUT2D eigenvalue weighted by molar-refractivity contribution is 0.452. The molecule has 4 heteroatoms. The van der Waals surface area contributed by atoms with Gasteiger partial charge in [-0.2, -0.15) is 0 Å². The van der Waals surface area contributed by atoms with E-state index in [1.165, 1.54) is 0 Å². The zero-order chi connectivity index (χ0) is 13.8. The van der Waals surface area contributed by atoms with E-state index in [9.17, 15) is 0 Å². The Morgan fingerprint density at radius 2 is 2.05 bits per heavy atom. The summed E-state index contributed by atoms with van der Waals surface area (Å²) < 4.78 is 5.82. The Morgan fingerprint density at radius 3 is 2.74 bits per heavy atom. The third-order valence-electron chi connectivity index (χ3n) is 3.07. The van der Waals surface area contributed by atoms with E-state index in [2.05, 4.69) is 24.9 Å². The van der Waals surface area contributed by atoms with E-state index in [0.717, 1.165) is 17.7 Å². The second-order valence-electron chi connectivity index (χ2n) is 4.51. The predicted molar refractivity (Wildman–Crippen MR) is 78.9 cm³/mol. The molecule has 1 heterocycles. The smallest absolute Gasteiger partial charge is 0.222 e. The first-order valence-electron chi connectivity index (χ1n) is 6.30. The molecule has 19 heavy (non-hydrogen) atoms. The Bertz CT molecular complexity index is 552. The summed E-state index contributed by atoms with van der Waals surface area (Å²) in [6.07, 6.45) is 1.05. The van der Waals surface area contributed by atoms with Gasteiger partial charge in [0.05, 0.1) is 0 Å². The Morgan fingerprint density at radius 1 is 1.32 bits per heavy atom. The summed E-state index contributed by atoms with van der Waals surface area (Å²) in [7, 11) is 0. The topological polar surface area (TPSA) is 48.1 Å². The van der Waals surface area contributed by atoms with Gasteiger partial charge in [-0.25, -0.2) is 4.98 Å². The molecule has 0 spiro atoms. The molecule has 0 radical (unpaired) electrons. The van der Waals surface area contributed by atoms with Crippen LogP contribution in [0.1, 0.15) is 31.7 Å². The summed E-state index contributed by atoms with van der Waals surface area (Å²) in [5.41, 5.74) is 7.43. The van der Waals surface area contributed by atoms with Crippen molar-refractivity contribution in [3.8, 4) is 11.6 Å². The van der Waals surface area contributed by atoms with Gasteiger partial charge in [-0.1, -0.05) is 43.6 Å². The van der Waals surface area contributed by atoms with Crippen molar-refractivity contribution in [3.05, 3.63) is 47.1 Å². The molecular formula is C15H17ClN2O. The van der Waals surface area contributed by atoms with Crippen LogP contribution in [0.4, 0.5) is 5.69 Å². The number of para-hydroxylation sites is 1. The Hall–Kier alpha value is -1.74. The molecule has 0 aliphatic carbocycles. The second kappa shape index (κ2) is 5.93. The number of nitrogens with two attached hydrogens (primary N) is 1. The largest absolute Gasteiger partial charge is 0.439 e. The average molecular weight is 277 g/mol. The van der Waals surface area contributed by atoms with Crippen molar-refractivity contribution in [2.24, 2.45) is 0 Å². The van der Waals surface area contributed by atoms with Crippen molar-refractivity contribution in [2.75, 3.05) is 5.73 Å². The van der Waals surface area contributed by atoms with Crippen molar-refractivity contribution in [2.45, 2.75) is 26.2 Å². The lowest BCUT2D eigenvalue weighted by Crippen LogP contribution is -1.98. The number of hydrogen-bond donors (Lipinski definition) is 1. The van der Waals surface area contributed by atoms with Crippen molar-refractivity contribution in [1.82, 2.24) is 4.98 Å². The highest BCUT2D eigenvalue weighted by molar-refractivity contribution is 6.29. The van der Waals surface area contributed by atoms with Gasteiger partial charge in [0, 0.05) is 11.8 Å². The van der Waals surface area contributed by atoms with E-state index in [1.807, 2.05) is 18.2 Å². The number of halogens is 1. The minimum Gasteiger partial charge on any atom is -0.439 e. The zero-order valence-electron chi connectivity index (χ0n) is 11.1. The number of rotatable bonds is 4. The van der Waals surface area contributed by atoms with Gasteiger partial charge in [0.15, 0.2) is 0 Å². The monoisotopic (exact) mass is 276 g/mol. The van der Waals surface area contributed by atoms with Gasteiger partial charge in [0.1, 0.15) is 10.9 Å². The molecule has 100 valence electrons. The number of aromatic nitrogens is 1. The van der Waals surface area contributed by atoms with Gasteiger partial charge in [0.25, 0.3) is 0 Å². The van der Waals surface area contributed by atoms with E-state index >= 15 is 0 Å². The van der Waals surface area contributed by atoms with Crippen molar-refractivity contribution >= 4 is 17.3 Å². The fourth-order valence-corrected chi connectivity index (χ4v) is 2.07. The molecule has 1 aromatic heterocycles. The molecule has 0 bridgehead atoms. The Balaban J connectivity index is 2.32. The molecule has 2 N–H and O–H groups in total. The molecule has 3 nitrogen and oxygen atoms in total. The summed E-state index contributed by atoms with van der Waals surface area (Å²) in [5.74, 6) is 1.64. The minimum absolute atomic E-state index is 0.330. The summed E-state index contributed by atoms with van der Waals surface area (Å²) >= 11 is 5.87. The fraction of sp³-hybridized carbons (Fsp3) is 0.267. The molecule has 0 saturated heterocycles. The second-order valence-corrected chi connectivity index (χ2v) is 4.90. The molecule has 1 aromatic carbocycles. The molecular weight excluding hydrogens is 260 g/mol. The highest BCUT2D eigenvalue weighted by atomic mass is 35.5. The summed E-state index contributed by atoms with van der Waals surface area (Å²) in [6, 6.07) is 11.2. The number of nitrogens with zero attached hydrogens (tertiary/aromatic N) is 1. The molecule has 0 amide bonds. The fourth-order valence-electron chi connectivity index (χ4n) is 1.86. The van der Waals surface area contributed by atoms with Crippen LogP contribution in [-0.2, 0) is 0 Å². The molecule has 2 aromatic rings. The third kappa shape index (κ3) is 3.38. The highest BCUT2D eigenvalue weighted by Gasteiger charge is 2.11. The summed E-state index contributed by atoms with van der Waals surface area (Å²) in [5, 5.41) is 0.330. The van der Waals surface area contributed by atoms with Crippen LogP contribution in [0.2, 0.25) is 5.15 Å². The number of benzene rings is 1. The molecule has 1 unspecified atom stereocenters. The first-order chi connectivity index (χ1) is 9.10. The van der Waals surface area contributed by atoms with Crippen LogP contribution in [0.5, 0.6) is 11.6 Å². The van der Waals surface area contributed by atoms with Crippen LogP contribution >= 0.6 is 11.6 Å². The van der Waals surface area contributed by atoms with Crippen molar-refractivity contribution < 1.29 is 4.74 Å². The Labute approximate surface area is 118 Å². The Kier molecular flexibility index (Phi) is 4.27. The van der Waals surface area contributed by atoms with E-state index in [4.69, 9.17) is 22.1 Å². The number of nitrogen functional groups attached to an aromatic ring is 1. The van der Waals surface area contributed by atoms with Gasteiger partial charge in [-0.3, -0.25) is 0 Å². The zero-order valence-corrected chi connectivity index (χ0v) is 11.8. The first-order valence-corrected chi connectivity index (χ1v) is 6.67. The number of ether oxygens (including phenoxy) is 1. The van der Waals surface area contributed by atoms with E-state index in [0.29, 0.717) is 22.6 Å². The van der Waals surface area contributed by atoms with E-state index < -0.39 is 0 Å². The van der Waals surface area contributed by atoms with Crippen LogP contribution in [-0.4, -0.2) is 4.98 Å². The SMILES string of the molecule is CCC(C)c1ccccc1Oc1cc(N)cc(Cl)n1. The quantitative estimate of drug-likeness (QED) is 0.829. The first kappa shape index (κ1) is 13.7. The van der Waals surface area contributed by atoms with Gasteiger partial charge >= 0.3 is 0 Å². The molecule has 0 saturated carbocycles. The lowest BCUT2D eigenvalue weighted by atomic mass is 9.98. The summed E-state index contributed by atoms with van der Waals surface area (Å²) in [6.45, 7) is 4.32. The lowest BCUT2D eigenvalue weighted by Gasteiger charge is -2.15. The van der Waals surface area contributed by atoms with Crippen LogP contribution in [0.3, 0.4) is 0 Å². The van der Waals surface area contributed by atoms with Crippen molar-refractivity contribution in [1.29, 1.82) is 0 Å². The van der Waals surface area contributed by atoms with Crippen LogP contribution in [0.25, 0.3) is 0 Å². The van der Waals surface area contributed by atoms with Gasteiger partial charge in [-0.15, -0.1) is 0 Å². The average Bonchev–Trinajstić information content (AvgIpc) is 2.37. The summed E-state index contributed by atoms with van der Waals surface area (Å²) in [4.78, 5) is 4.12. The molecule has 0 fully saturated rings. The molecule has 2 rings (SSSR count). The predicted octanol–water partition coefficient (Wildman–Crippen LogP) is 4.62. The third-order valence-corrected chi connectivity index (χ3v) is 3.26. The number of pyridine rings is 1. The standard InChI is InChI=1S/C15H17ClN2O/c1-3-10(2)12-6-4-5-7-13(12)19-15-9-11(17)8-14(16)18-15/h4-10H,3H2,1-2H3,(H2,17,18). The van der Waals surface area contributed by atoms with Crippen LogP contribution in [0.15, 0.2) is 36.4 Å². The van der Waals surface area contributed by atoms with E-state index in [1.54, 1.807) is 12.1 Å². The molecule has 1 atom stereocenters. The highest BCUT2D eigenvalue weighted by Crippen LogP contribution is 2.32. The van der Waals surface area contributed by atoms with Gasteiger partial charge in [0.2, 0.25) is 5.88 Å².